The zero-order chi connectivity index (χ0) is 32.2. The molecule has 0 spiro atoms. The van der Waals surface area contributed by atoms with Crippen LogP contribution in [0.1, 0.15) is 11.1 Å². The minimum Gasteiger partial charge on any atom is -0.247 e. The summed E-state index contributed by atoms with van der Waals surface area (Å²) in [5.41, 5.74) is 13.5. The lowest BCUT2D eigenvalue weighted by molar-refractivity contribution is 1.39. The van der Waals surface area contributed by atoms with Crippen LogP contribution in [0, 0.1) is 13.8 Å². The molecule has 0 unspecified atom stereocenters. The number of benzene rings is 7. The maximum atomic E-state index is 5.22. The molecule has 0 fully saturated rings. The average Bonchev–Trinajstić information content (AvgIpc) is 3.14. The molecule has 0 aliphatic rings. The normalized spacial score (nSPS) is 11.5. The van der Waals surface area contributed by atoms with E-state index in [4.69, 9.17) is 9.97 Å². The van der Waals surface area contributed by atoms with Gasteiger partial charge in [-0.3, -0.25) is 0 Å². The van der Waals surface area contributed by atoms with Gasteiger partial charge < -0.3 is 0 Å². The molecule has 0 saturated carbocycles. The summed E-state index contributed by atoms with van der Waals surface area (Å²) in [6.07, 6.45) is 0. The standard InChI is InChI=1S/C46H32N2/c1-29-3-7-31(8-4-29)39-21-13-33-11-19-37-23-25-43(47-45(37)41(33)27-39)35-15-17-36(18-16-35)44-26-24-38-20-12-34-14-22-40(28-42(34)46(38)48-44)32-9-5-30(2)6-10-32/h3-28H,1-2H3. The van der Waals surface area contributed by atoms with Gasteiger partial charge in [-0.2, -0.15) is 0 Å². The summed E-state index contributed by atoms with van der Waals surface area (Å²) in [7, 11) is 0. The van der Waals surface area contributed by atoms with Crippen LogP contribution >= 0.6 is 0 Å². The van der Waals surface area contributed by atoms with E-state index < -0.39 is 0 Å². The molecule has 9 aromatic rings. The summed E-state index contributed by atoms with van der Waals surface area (Å²) < 4.78 is 0. The quantitative estimate of drug-likeness (QED) is 0.185. The third-order valence-corrected chi connectivity index (χ3v) is 9.60. The molecular formula is C46H32N2. The van der Waals surface area contributed by atoms with Crippen molar-refractivity contribution in [3.8, 4) is 44.8 Å². The molecule has 0 N–H and O–H groups in total. The Morgan fingerprint density at radius 2 is 0.604 bits per heavy atom. The van der Waals surface area contributed by atoms with Crippen LogP contribution in [0.5, 0.6) is 0 Å². The van der Waals surface area contributed by atoms with Crippen LogP contribution in [-0.2, 0) is 0 Å². The first-order chi connectivity index (χ1) is 23.6. The monoisotopic (exact) mass is 612 g/mol. The number of pyridine rings is 2. The van der Waals surface area contributed by atoms with Gasteiger partial charge >= 0.3 is 0 Å². The number of hydrogen-bond donors (Lipinski definition) is 0. The van der Waals surface area contributed by atoms with E-state index >= 15 is 0 Å². The Morgan fingerprint density at radius 1 is 0.292 bits per heavy atom. The van der Waals surface area contributed by atoms with Gasteiger partial charge in [-0.05, 0) is 71.1 Å². The van der Waals surface area contributed by atoms with Gasteiger partial charge in [0, 0.05) is 32.7 Å². The Balaban J connectivity index is 1.08. The van der Waals surface area contributed by atoms with E-state index in [2.05, 4.69) is 172 Å². The topological polar surface area (TPSA) is 25.8 Å². The van der Waals surface area contributed by atoms with Crippen LogP contribution in [0.4, 0.5) is 0 Å². The predicted molar refractivity (Wildman–Crippen MR) is 203 cm³/mol. The highest BCUT2D eigenvalue weighted by molar-refractivity contribution is 6.08. The molecule has 0 amide bonds. The largest absolute Gasteiger partial charge is 0.247 e. The molecule has 2 heterocycles. The number of aromatic nitrogens is 2. The van der Waals surface area contributed by atoms with Gasteiger partial charge in [-0.25, -0.2) is 9.97 Å². The number of nitrogens with zero attached hydrogens (tertiary/aromatic N) is 2. The van der Waals surface area contributed by atoms with Crippen molar-refractivity contribution in [2.24, 2.45) is 0 Å². The summed E-state index contributed by atoms with van der Waals surface area (Å²) in [6.45, 7) is 4.25. The van der Waals surface area contributed by atoms with Crippen molar-refractivity contribution < 1.29 is 0 Å². The van der Waals surface area contributed by atoms with Crippen LogP contribution in [0.15, 0.2) is 158 Å². The first kappa shape index (κ1) is 28.1. The smallest absolute Gasteiger partial charge is 0.0788 e. The van der Waals surface area contributed by atoms with Crippen molar-refractivity contribution in [2.45, 2.75) is 13.8 Å². The van der Waals surface area contributed by atoms with Gasteiger partial charge in [0.2, 0.25) is 0 Å². The van der Waals surface area contributed by atoms with Crippen LogP contribution in [0.25, 0.3) is 88.1 Å². The van der Waals surface area contributed by atoms with E-state index in [-0.39, 0.29) is 0 Å². The summed E-state index contributed by atoms with van der Waals surface area (Å²) in [5.74, 6) is 0. The summed E-state index contributed by atoms with van der Waals surface area (Å²) >= 11 is 0. The Hall–Kier alpha value is -6.12. The van der Waals surface area contributed by atoms with E-state index in [1.165, 1.54) is 54.9 Å². The first-order valence-corrected chi connectivity index (χ1v) is 16.5. The maximum absolute atomic E-state index is 5.22. The van der Waals surface area contributed by atoms with E-state index in [9.17, 15) is 0 Å². The van der Waals surface area contributed by atoms with Gasteiger partial charge in [0.25, 0.3) is 0 Å². The van der Waals surface area contributed by atoms with E-state index in [1.54, 1.807) is 0 Å². The number of fused-ring (bicyclic) bond motifs is 6. The fourth-order valence-electron chi connectivity index (χ4n) is 6.80. The Kier molecular flexibility index (Phi) is 6.62. The molecule has 0 aliphatic heterocycles. The number of aryl methyl sites for hydroxylation is 2. The molecule has 9 rings (SSSR count). The minimum absolute atomic E-state index is 0.961. The predicted octanol–water partition coefficient (Wildman–Crippen LogP) is 12.4. The fourth-order valence-corrected chi connectivity index (χ4v) is 6.80. The van der Waals surface area contributed by atoms with Crippen molar-refractivity contribution in [2.75, 3.05) is 0 Å². The first-order valence-electron chi connectivity index (χ1n) is 16.5. The molecule has 0 saturated heterocycles. The molecule has 48 heavy (non-hydrogen) atoms. The van der Waals surface area contributed by atoms with Crippen molar-refractivity contribution in [3.05, 3.63) is 169 Å². The second kappa shape index (κ2) is 11.3. The summed E-state index contributed by atoms with van der Waals surface area (Å²) in [4.78, 5) is 10.4. The zero-order valence-electron chi connectivity index (χ0n) is 26.9. The highest BCUT2D eigenvalue weighted by Crippen LogP contribution is 2.34. The molecule has 0 radical (unpaired) electrons. The molecule has 0 aliphatic carbocycles. The van der Waals surface area contributed by atoms with Crippen molar-refractivity contribution >= 4 is 43.4 Å². The lowest BCUT2D eigenvalue weighted by atomic mass is 9.98. The van der Waals surface area contributed by atoms with Crippen LogP contribution < -0.4 is 0 Å². The lowest BCUT2D eigenvalue weighted by Gasteiger charge is -2.10. The molecule has 0 bridgehead atoms. The Morgan fingerprint density at radius 3 is 1.02 bits per heavy atom. The molecule has 0 atom stereocenters. The molecule has 7 aromatic carbocycles. The molecular weight excluding hydrogens is 581 g/mol. The van der Waals surface area contributed by atoms with Crippen molar-refractivity contribution in [1.82, 2.24) is 9.97 Å². The maximum Gasteiger partial charge on any atom is 0.0788 e. The van der Waals surface area contributed by atoms with Crippen LogP contribution in [0.2, 0.25) is 0 Å². The highest BCUT2D eigenvalue weighted by atomic mass is 14.7. The molecule has 2 heteroatoms. The van der Waals surface area contributed by atoms with Gasteiger partial charge in [0.05, 0.1) is 22.4 Å². The number of hydrogen-bond acceptors (Lipinski definition) is 2. The van der Waals surface area contributed by atoms with Crippen molar-refractivity contribution in [3.63, 3.8) is 0 Å². The van der Waals surface area contributed by atoms with Crippen molar-refractivity contribution in [1.29, 1.82) is 0 Å². The molecule has 2 aromatic heterocycles. The number of rotatable bonds is 4. The third kappa shape index (κ3) is 4.99. The van der Waals surface area contributed by atoms with Gasteiger partial charge in [0.15, 0.2) is 0 Å². The average molecular weight is 613 g/mol. The minimum atomic E-state index is 0.961. The SMILES string of the molecule is Cc1ccc(-c2ccc3ccc4ccc(-c5ccc(-c6ccc7ccc8ccc(-c9ccc(C)cc9)cc8c7n6)cc5)nc4c3c2)cc1. The Labute approximate surface area is 280 Å². The second-order valence-electron chi connectivity index (χ2n) is 12.8. The van der Waals surface area contributed by atoms with E-state index in [0.29, 0.717) is 0 Å². The highest BCUT2D eigenvalue weighted by Gasteiger charge is 2.11. The second-order valence-corrected chi connectivity index (χ2v) is 12.8. The summed E-state index contributed by atoms with van der Waals surface area (Å²) in [6, 6.07) is 56.8. The van der Waals surface area contributed by atoms with E-state index in [0.717, 1.165) is 44.3 Å². The molecule has 226 valence electrons. The zero-order valence-corrected chi connectivity index (χ0v) is 26.9. The van der Waals surface area contributed by atoms with E-state index in [1.807, 2.05) is 0 Å². The Bertz CT molecular complexity index is 2460. The van der Waals surface area contributed by atoms with Gasteiger partial charge in [0.1, 0.15) is 0 Å². The summed E-state index contributed by atoms with van der Waals surface area (Å²) in [5, 5.41) is 7.01. The van der Waals surface area contributed by atoms with Gasteiger partial charge in [-0.15, -0.1) is 0 Å². The lowest BCUT2D eigenvalue weighted by Crippen LogP contribution is -1.90. The fraction of sp³-hybridized carbons (Fsp3) is 0.0435. The third-order valence-electron chi connectivity index (χ3n) is 9.60. The van der Waals surface area contributed by atoms with Crippen LogP contribution in [0.3, 0.4) is 0 Å². The molecule has 2 nitrogen and oxygen atoms in total. The van der Waals surface area contributed by atoms with Gasteiger partial charge in [-0.1, -0.05) is 145 Å². The van der Waals surface area contributed by atoms with Crippen LogP contribution in [-0.4, -0.2) is 9.97 Å².